The van der Waals surface area contributed by atoms with E-state index in [9.17, 15) is 8.42 Å². The Morgan fingerprint density at radius 1 is 1.21 bits per heavy atom. The van der Waals surface area contributed by atoms with Gasteiger partial charge < -0.3 is 5.32 Å². The molecule has 0 amide bonds. The molecule has 1 aromatic rings. The highest BCUT2D eigenvalue weighted by Gasteiger charge is 2.22. The molecule has 1 aromatic carbocycles. The number of rotatable bonds is 6. The van der Waals surface area contributed by atoms with Gasteiger partial charge in [0.15, 0.2) is 0 Å². The third-order valence-electron chi connectivity index (χ3n) is 2.55. The molecule has 108 valence electrons. The van der Waals surface area contributed by atoms with Gasteiger partial charge in [-0.1, -0.05) is 43.1 Å². The van der Waals surface area contributed by atoms with Gasteiger partial charge in [-0.25, -0.2) is 8.42 Å². The fraction of sp³-hybridized carbons (Fsp3) is 0.500. The Morgan fingerprint density at radius 3 is 2.42 bits per heavy atom. The normalized spacial score (nSPS) is 13.6. The Bertz CT molecular complexity index is 533. The summed E-state index contributed by atoms with van der Waals surface area (Å²) in [7, 11) is -3.50. The summed E-state index contributed by atoms with van der Waals surface area (Å²) >= 11 is 11.8. The van der Waals surface area contributed by atoms with E-state index in [-0.39, 0.29) is 11.1 Å². The summed E-state index contributed by atoms with van der Waals surface area (Å²) in [5.74, 6) is 0. The van der Waals surface area contributed by atoms with Gasteiger partial charge >= 0.3 is 0 Å². The van der Waals surface area contributed by atoms with E-state index >= 15 is 0 Å². The van der Waals surface area contributed by atoms with Crippen LogP contribution >= 0.6 is 23.2 Å². The molecule has 4 nitrogen and oxygen atoms in total. The van der Waals surface area contributed by atoms with Crippen LogP contribution < -0.4 is 10.0 Å². The Labute approximate surface area is 124 Å². The molecule has 0 fully saturated rings. The maximum atomic E-state index is 12.1. The molecule has 0 aliphatic rings. The minimum absolute atomic E-state index is 0.205. The molecule has 0 radical (unpaired) electrons. The second kappa shape index (κ2) is 6.79. The van der Waals surface area contributed by atoms with Gasteiger partial charge in [-0.3, -0.25) is 4.72 Å². The van der Waals surface area contributed by atoms with Crippen LogP contribution in [0.15, 0.2) is 18.2 Å². The van der Waals surface area contributed by atoms with E-state index in [0.29, 0.717) is 17.3 Å². The van der Waals surface area contributed by atoms with Gasteiger partial charge in [-0.2, -0.15) is 0 Å². The van der Waals surface area contributed by atoms with E-state index in [4.69, 9.17) is 23.2 Å². The highest BCUT2D eigenvalue weighted by Crippen LogP contribution is 2.30. The Hall–Kier alpha value is -0.490. The van der Waals surface area contributed by atoms with Crippen LogP contribution in [0.4, 0.5) is 5.69 Å². The molecule has 0 heterocycles. The Kier molecular flexibility index (Phi) is 5.92. The van der Waals surface area contributed by atoms with Crippen molar-refractivity contribution in [2.75, 3.05) is 11.3 Å². The molecule has 1 rings (SSSR count). The van der Waals surface area contributed by atoms with Crippen LogP contribution in [0.3, 0.4) is 0 Å². The first-order chi connectivity index (χ1) is 8.74. The van der Waals surface area contributed by atoms with Crippen molar-refractivity contribution in [3.63, 3.8) is 0 Å². The van der Waals surface area contributed by atoms with Gasteiger partial charge in [0.2, 0.25) is 10.0 Å². The lowest BCUT2D eigenvalue weighted by Crippen LogP contribution is -2.37. The van der Waals surface area contributed by atoms with Crippen LogP contribution in [0.1, 0.15) is 20.8 Å². The van der Waals surface area contributed by atoms with Crippen molar-refractivity contribution in [3.05, 3.63) is 28.2 Å². The lowest BCUT2D eigenvalue weighted by atomic mass is 10.3. The molecule has 0 aromatic heterocycles. The molecule has 0 aliphatic carbocycles. The van der Waals surface area contributed by atoms with Crippen LogP contribution in [-0.2, 0) is 10.0 Å². The summed E-state index contributed by atoms with van der Waals surface area (Å²) in [6.45, 7) is 5.92. The fourth-order valence-corrected chi connectivity index (χ4v) is 2.75. The van der Waals surface area contributed by atoms with Crippen molar-refractivity contribution in [1.82, 2.24) is 5.32 Å². The minimum atomic E-state index is -3.50. The highest BCUT2D eigenvalue weighted by atomic mass is 35.5. The first-order valence-corrected chi connectivity index (χ1v) is 8.23. The van der Waals surface area contributed by atoms with Crippen LogP contribution in [0.5, 0.6) is 0 Å². The maximum absolute atomic E-state index is 12.1. The average Bonchev–Trinajstić information content (AvgIpc) is 2.31. The monoisotopic (exact) mass is 324 g/mol. The zero-order chi connectivity index (χ0) is 14.6. The molecule has 0 bridgehead atoms. The van der Waals surface area contributed by atoms with Crippen molar-refractivity contribution in [3.8, 4) is 0 Å². The molecule has 0 saturated heterocycles. The van der Waals surface area contributed by atoms with E-state index in [1.165, 1.54) is 0 Å². The van der Waals surface area contributed by atoms with Gasteiger partial charge in [-0.15, -0.1) is 0 Å². The number of hydrogen-bond acceptors (Lipinski definition) is 3. The van der Waals surface area contributed by atoms with Gasteiger partial charge in [0.25, 0.3) is 0 Å². The molecule has 0 spiro atoms. The smallest absolute Gasteiger partial charge is 0.236 e. The number of benzene rings is 1. The molecule has 1 unspecified atom stereocenters. The van der Waals surface area contributed by atoms with E-state index in [2.05, 4.69) is 10.0 Å². The van der Waals surface area contributed by atoms with Crippen molar-refractivity contribution >= 4 is 38.9 Å². The molecular formula is C12H18Cl2N2O2S. The van der Waals surface area contributed by atoms with Gasteiger partial charge in [0.05, 0.1) is 21.0 Å². The first-order valence-electron chi connectivity index (χ1n) is 5.93. The SMILES string of the molecule is CC(C)NCC(C)S(=O)(=O)Nc1cccc(Cl)c1Cl. The molecule has 7 heteroatoms. The second-order valence-electron chi connectivity index (χ2n) is 4.62. The van der Waals surface area contributed by atoms with E-state index < -0.39 is 15.3 Å². The predicted octanol–water partition coefficient (Wildman–Crippen LogP) is 3.12. The maximum Gasteiger partial charge on any atom is 0.236 e. The molecule has 2 N–H and O–H groups in total. The minimum Gasteiger partial charge on any atom is -0.313 e. The number of halogens is 2. The molecule has 1 atom stereocenters. The fourth-order valence-electron chi connectivity index (χ4n) is 1.35. The number of nitrogens with one attached hydrogen (secondary N) is 2. The van der Waals surface area contributed by atoms with Crippen molar-refractivity contribution in [2.45, 2.75) is 32.1 Å². The number of sulfonamides is 1. The van der Waals surface area contributed by atoms with Crippen LogP contribution in [0, 0.1) is 0 Å². The van der Waals surface area contributed by atoms with Gasteiger partial charge in [-0.05, 0) is 19.1 Å². The summed E-state index contributed by atoms with van der Waals surface area (Å²) in [5.41, 5.74) is 0.297. The lowest BCUT2D eigenvalue weighted by molar-refractivity contribution is 0.553. The molecule has 19 heavy (non-hydrogen) atoms. The largest absolute Gasteiger partial charge is 0.313 e. The van der Waals surface area contributed by atoms with Crippen molar-refractivity contribution in [1.29, 1.82) is 0 Å². The van der Waals surface area contributed by atoms with Gasteiger partial charge in [0, 0.05) is 12.6 Å². The van der Waals surface area contributed by atoms with E-state index in [0.717, 1.165) is 0 Å². The molecule has 0 saturated carbocycles. The molecular weight excluding hydrogens is 307 g/mol. The third-order valence-corrected chi connectivity index (χ3v) is 5.10. The van der Waals surface area contributed by atoms with Crippen LogP contribution in [0.2, 0.25) is 10.0 Å². The number of anilines is 1. The lowest BCUT2D eigenvalue weighted by Gasteiger charge is -2.17. The van der Waals surface area contributed by atoms with Crippen molar-refractivity contribution in [2.24, 2.45) is 0 Å². The Morgan fingerprint density at radius 2 is 1.84 bits per heavy atom. The summed E-state index contributed by atoms with van der Waals surface area (Å²) in [6, 6.07) is 5.05. The summed E-state index contributed by atoms with van der Waals surface area (Å²) in [5, 5.41) is 3.03. The molecule has 0 aliphatic heterocycles. The standard InChI is InChI=1S/C12H18Cl2N2O2S/c1-8(2)15-7-9(3)19(17,18)16-11-6-4-5-10(13)12(11)14/h4-6,8-9,15-16H,7H2,1-3H3. The van der Waals surface area contributed by atoms with Gasteiger partial charge in [0.1, 0.15) is 0 Å². The van der Waals surface area contributed by atoms with Crippen LogP contribution in [-0.4, -0.2) is 26.3 Å². The highest BCUT2D eigenvalue weighted by molar-refractivity contribution is 7.93. The number of hydrogen-bond donors (Lipinski definition) is 2. The van der Waals surface area contributed by atoms with Crippen molar-refractivity contribution < 1.29 is 8.42 Å². The summed E-state index contributed by atoms with van der Waals surface area (Å²) < 4.78 is 26.7. The second-order valence-corrected chi connectivity index (χ2v) is 7.51. The zero-order valence-electron chi connectivity index (χ0n) is 11.1. The third kappa shape index (κ3) is 4.84. The Balaban J connectivity index is 2.82. The van der Waals surface area contributed by atoms with E-state index in [1.54, 1.807) is 25.1 Å². The topological polar surface area (TPSA) is 58.2 Å². The summed E-state index contributed by atoms with van der Waals surface area (Å²) in [6.07, 6.45) is 0. The quantitative estimate of drug-likeness (QED) is 0.845. The van der Waals surface area contributed by atoms with Crippen LogP contribution in [0.25, 0.3) is 0 Å². The summed E-state index contributed by atoms with van der Waals surface area (Å²) in [4.78, 5) is 0. The first kappa shape index (κ1) is 16.6. The average molecular weight is 325 g/mol. The predicted molar refractivity (Wildman–Crippen MR) is 81.6 cm³/mol. The van der Waals surface area contributed by atoms with E-state index in [1.807, 2.05) is 13.8 Å². The zero-order valence-corrected chi connectivity index (χ0v) is 13.4.